The Morgan fingerprint density at radius 1 is 1.11 bits per heavy atom. The van der Waals surface area contributed by atoms with E-state index >= 15 is 0 Å². The fraction of sp³-hybridized carbons (Fsp3) is 0.154. The van der Waals surface area contributed by atoms with Crippen molar-refractivity contribution in [2.45, 2.75) is 6.42 Å². The fourth-order valence-corrected chi connectivity index (χ4v) is 1.50. The standard InChI is InChI=1S/C13H13N3O3/c17-12(13(18)15-11-7-9-19-16-11)14-8-6-10-4-2-1-3-5-10/h1-5,7,9H,6,8H2,(H,14,17)(H,15,16,18). The summed E-state index contributed by atoms with van der Waals surface area (Å²) in [6.07, 6.45) is 1.98. The van der Waals surface area contributed by atoms with Gasteiger partial charge in [-0.3, -0.25) is 14.9 Å². The summed E-state index contributed by atoms with van der Waals surface area (Å²) < 4.78 is 4.54. The van der Waals surface area contributed by atoms with Gasteiger partial charge < -0.3 is 9.84 Å². The molecule has 0 atom stereocenters. The minimum atomic E-state index is -0.762. The molecule has 1 aromatic heterocycles. The van der Waals surface area contributed by atoms with Gasteiger partial charge in [0.2, 0.25) is 0 Å². The first-order valence-corrected chi connectivity index (χ1v) is 5.79. The molecule has 0 bridgehead atoms. The van der Waals surface area contributed by atoms with Crippen LogP contribution in [0.15, 0.2) is 47.2 Å². The lowest BCUT2D eigenvalue weighted by atomic mass is 10.1. The molecule has 2 aromatic rings. The predicted octanol–water partition coefficient (Wildman–Crippen LogP) is 0.972. The van der Waals surface area contributed by atoms with Crippen molar-refractivity contribution in [3.8, 4) is 0 Å². The molecule has 6 heteroatoms. The minimum absolute atomic E-state index is 0.211. The molecule has 2 amide bonds. The van der Waals surface area contributed by atoms with Crippen LogP contribution in [0.2, 0.25) is 0 Å². The molecular weight excluding hydrogens is 246 g/mol. The number of nitrogens with zero attached hydrogens (tertiary/aromatic N) is 1. The number of carbonyl (C=O) groups is 2. The smallest absolute Gasteiger partial charge is 0.314 e. The molecule has 0 spiro atoms. The zero-order valence-corrected chi connectivity index (χ0v) is 10.1. The topological polar surface area (TPSA) is 84.2 Å². The molecule has 1 heterocycles. The van der Waals surface area contributed by atoms with Crippen molar-refractivity contribution in [1.29, 1.82) is 0 Å². The Balaban J connectivity index is 1.74. The largest absolute Gasteiger partial charge is 0.363 e. The van der Waals surface area contributed by atoms with E-state index in [-0.39, 0.29) is 5.82 Å². The molecular formula is C13H13N3O3. The third-order valence-corrected chi connectivity index (χ3v) is 2.43. The third-order valence-electron chi connectivity index (χ3n) is 2.43. The van der Waals surface area contributed by atoms with Crippen LogP contribution < -0.4 is 10.6 Å². The van der Waals surface area contributed by atoms with Crippen LogP contribution in [0, 0.1) is 0 Å². The van der Waals surface area contributed by atoms with E-state index in [4.69, 9.17) is 0 Å². The summed E-state index contributed by atoms with van der Waals surface area (Å²) >= 11 is 0. The summed E-state index contributed by atoms with van der Waals surface area (Å²) in [6, 6.07) is 11.1. The van der Waals surface area contributed by atoms with E-state index in [2.05, 4.69) is 20.3 Å². The first kappa shape index (κ1) is 12.8. The van der Waals surface area contributed by atoms with Crippen LogP contribution in [0.1, 0.15) is 5.56 Å². The molecule has 0 fully saturated rings. The zero-order valence-electron chi connectivity index (χ0n) is 10.1. The van der Waals surface area contributed by atoms with E-state index in [1.165, 1.54) is 12.3 Å². The van der Waals surface area contributed by atoms with Crippen LogP contribution in [-0.2, 0) is 16.0 Å². The summed E-state index contributed by atoms with van der Waals surface area (Å²) in [6.45, 7) is 0.398. The van der Waals surface area contributed by atoms with Gasteiger partial charge in [0.25, 0.3) is 0 Å². The van der Waals surface area contributed by atoms with Gasteiger partial charge in [0.05, 0.1) is 0 Å². The molecule has 0 radical (unpaired) electrons. The first-order valence-electron chi connectivity index (χ1n) is 5.79. The van der Waals surface area contributed by atoms with E-state index in [0.29, 0.717) is 13.0 Å². The molecule has 98 valence electrons. The van der Waals surface area contributed by atoms with Gasteiger partial charge in [-0.15, -0.1) is 0 Å². The number of nitrogens with one attached hydrogen (secondary N) is 2. The minimum Gasteiger partial charge on any atom is -0.363 e. The van der Waals surface area contributed by atoms with Crippen LogP contribution in [0.5, 0.6) is 0 Å². The Labute approximate surface area is 109 Å². The van der Waals surface area contributed by atoms with Gasteiger partial charge in [-0.2, -0.15) is 0 Å². The number of aromatic nitrogens is 1. The lowest BCUT2D eigenvalue weighted by molar-refractivity contribution is -0.136. The van der Waals surface area contributed by atoms with Gasteiger partial charge in [0.15, 0.2) is 5.82 Å². The number of carbonyl (C=O) groups excluding carboxylic acids is 2. The van der Waals surface area contributed by atoms with E-state index in [1.54, 1.807) is 0 Å². The Morgan fingerprint density at radius 3 is 2.58 bits per heavy atom. The normalized spacial score (nSPS) is 9.89. The Bertz CT molecular complexity index is 538. The number of benzene rings is 1. The van der Waals surface area contributed by atoms with Crippen molar-refractivity contribution in [2.75, 3.05) is 11.9 Å². The average Bonchev–Trinajstić information content (AvgIpc) is 2.92. The molecule has 19 heavy (non-hydrogen) atoms. The SMILES string of the molecule is O=C(NCCc1ccccc1)C(=O)Nc1ccon1. The third kappa shape index (κ3) is 3.95. The molecule has 0 saturated heterocycles. The lowest BCUT2D eigenvalue weighted by Crippen LogP contribution is -2.36. The summed E-state index contributed by atoms with van der Waals surface area (Å²) in [5.74, 6) is -1.25. The second kappa shape index (κ2) is 6.34. The Morgan fingerprint density at radius 2 is 1.89 bits per heavy atom. The van der Waals surface area contributed by atoms with Crippen molar-refractivity contribution in [3.05, 3.63) is 48.2 Å². The lowest BCUT2D eigenvalue weighted by Gasteiger charge is -2.04. The summed E-state index contributed by atoms with van der Waals surface area (Å²) in [7, 11) is 0. The second-order valence-electron chi connectivity index (χ2n) is 3.83. The fourth-order valence-electron chi connectivity index (χ4n) is 1.50. The number of hydrogen-bond donors (Lipinski definition) is 2. The molecule has 0 aliphatic heterocycles. The molecule has 6 nitrogen and oxygen atoms in total. The quantitative estimate of drug-likeness (QED) is 0.801. The molecule has 2 N–H and O–H groups in total. The highest BCUT2D eigenvalue weighted by Gasteiger charge is 2.13. The Kier molecular flexibility index (Phi) is 4.28. The summed E-state index contributed by atoms with van der Waals surface area (Å²) in [4.78, 5) is 22.9. The molecule has 0 aliphatic carbocycles. The number of hydrogen-bond acceptors (Lipinski definition) is 4. The average molecular weight is 259 g/mol. The van der Waals surface area contributed by atoms with Gasteiger partial charge >= 0.3 is 11.8 Å². The first-order chi connectivity index (χ1) is 9.25. The van der Waals surface area contributed by atoms with Crippen molar-refractivity contribution >= 4 is 17.6 Å². The maximum absolute atomic E-state index is 11.5. The van der Waals surface area contributed by atoms with Gasteiger partial charge in [-0.25, -0.2) is 0 Å². The van der Waals surface area contributed by atoms with Crippen molar-refractivity contribution in [2.24, 2.45) is 0 Å². The van der Waals surface area contributed by atoms with Crippen molar-refractivity contribution in [3.63, 3.8) is 0 Å². The molecule has 1 aromatic carbocycles. The number of amides is 2. The highest BCUT2D eigenvalue weighted by Crippen LogP contribution is 2.00. The van der Waals surface area contributed by atoms with Gasteiger partial charge in [0.1, 0.15) is 6.26 Å². The van der Waals surface area contributed by atoms with Gasteiger partial charge in [0, 0.05) is 12.6 Å². The highest BCUT2D eigenvalue weighted by atomic mass is 16.5. The monoisotopic (exact) mass is 259 g/mol. The second-order valence-corrected chi connectivity index (χ2v) is 3.83. The van der Waals surface area contributed by atoms with E-state index in [9.17, 15) is 9.59 Å². The van der Waals surface area contributed by atoms with Crippen molar-refractivity contribution < 1.29 is 14.1 Å². The number of rotatable bonds is 4. The van der Waals surface area contributed by atoms with Crippen LogP contribution in [0.25, 0.3) is 0 Å². The maximum Gasteiger partial charge on any atom is 0.314 e. The molecule has 0 unspecified atom stereocenters. The van der Waals surface area contributed by atoms with Crippen LogP contribution in [0.3, 0.4) is 0 Å². The van der Waals surface area contributed by atoms with Crippen molar-refractivity contribution in [1.82, 2.24) is 10.5 Å². The van der Waals surface area contributed by atoms with E-state index in [1.807, 2.05) is 30.3 Å². The number of anilines is 1. The Hall–Kier alpha value is -2.63. The van der Waals surface area contributed by atoms with Crippen LogP contribution in [-0.4, -0.2) is 23.5 Å². The van der Waals surface area contributed by atoms with E-state index in [0.717, 1.165) is 5.56 Å². The summed E-state index contributed by atoms with van der Waals surface area (Å²) in [5, 5.41) is 8.33. The predicted molar refractivity (Wildman–Crippen MR) is 68.3 cm³/mol. The highest BCUT2D eigenvalue weighted by molar-refractivity contribution is 6.39. The van der Waals surface area contributed by atoms with Crippen LogP contribution >= 0.6 is 0 Å². The van der Waals surface area contributed by atoms with Crippen LogP contribution in [0.4, 0.5) is 5.82 Å². The van der Waals surface area contributed by atoms with Gasteiger partial charge in [-0.05, 0) is 12.0 Å². The molecule has 0 aliphatic rings. The molecule has 0 saturated carbocycles. The van der Waals surface area contributed by atoms with E-state index < -0.39 is 11.8 Å². The van der Waals surface area contributed by atoms with Gasteiger partial charge in [-0.1, -0.05) is 35.5 Å². The summed E-state index contributed by atoms with van der Waals surface area (Å²) in [5.41, 5.74) is 1.10. The zero-order chi connectivity index (χ0) is 13.5. The molecule has 2 rings (SSSR count). The maximum atomic E-state index is 11.5.